The summed E-state index contributed by atoms with van der Waals surface area (Å²) in [5, 5.41) is 0. The third kappa shape index (κ3) is 9.61. The summed E-state index contributed by atoms with van der Waals surface area (Å²) in [5.41, 5.74) is 0.141. The topological polar surface area (TPSA) is 27.7 Å². The van der Waals surface area contributed by atoms with Crippen LogP contribution in [0.3, 0.4) is 0 Å². The maximum absolute atomic E-state index is 6.70. The fourth-order valence-corrected chi connectivity index (χ4v) is 7.67. The van der Waals surface area contributed by atoms with Crippen molar-refractivity contribution in [2.75, 3.05) is 39.5 Å². The van der Waals surface area contributed by atoms with E-state index in [2.05, 4.69) is 47.4 Å². The summed E-state index contributed by atoms with van der Waals surface area (Å²) in [6, 6.07) is 0. The molecule has 0 saturated heterocycles. The average Bonchev–Trinajstić information content (AvgIpc) is 2.72. The van der Waals surface area contributed by atoms with Crippen LogP contribution in [-0.2, 0) is 13.3 Å². The highest BCUT2D eigenvalue weighted by molar-refractivity contribution is 6.62. The van der Waals surface area contributed by atoms with E-state index in [1.165, 1.54) is 0 Å². The van der Waals surface area contributed by atoms with Gasteiger partial charge in [0.05, 0.1) is 19.6 Å². The van der Waals surface area contributed by atoms with Crippen LogP contribution in [0.15, 0.2) is 38.0 Å². The van der Waals surface area contributed by atoms with Crippen LogP contribution in [-0.4, -0.2) is 58.4 Å². The van der Waals surface area contributed by atoms with Crippen molar-refractivity contribution in [3.05, 3.63) is 38.0 Å². The van der Waals surface area contributed by atoms with E-state index >= 15 is 0 Å². The van der Waals surface area contributed by atoms with Crippen molar-refractivity contribution in [3.8, 4) is 0 Å². The van der Waals surface area contributed by atoms with E-state index < -0.39 is 8.80 Å². The number of unbranched alkanes of at least 4 members (excludes halogenated alkanes) is 3. The normalized spacial score (nSPS) is 13.2. The maximum atomic E-state index is 6.70. The SMILES string of the molecule is C=CC[N+](CC=C)(CC=C)C(CCC)[Si](OCCCC)(OCCCC)OCCCC. The first-order valence-electron chi connectivity index (χ1n) is 12.2. The smallest absolute Gasteiger partial charge is 0.370 e. The van der Waals surface area contributed by atoms with Crippen LogP contribution < -0.4 is 0 Å². The molecule has 0 saturated carbocycles. The molecule has 1 unspecified atom stereocenters. The molecule has 30 heavy (non-hydrogen) atoms. The molecular formula is C25H50NO3Si+. The summed E-state index contributed by atoms with van der Waals surface area (Å²) in [7, 11) is -2.98. The van der Waals surface area contributed by atoms with Gasteiger partial charge < -0.3 is 17.8 Å². The van der Waals surface area contributed by atoms with Crippen LogP contribution in [0.25, 0.3) is 0 Å². The summed E-state index contributed by atoms with van der Waals surface area (Å²) in [6.07, 6.45) is 14.4. The summed E-state index contributed by atoms with van der Waals surface area (Å²) < 4.78 is 20.9. The van der Waals surface area contributed by atoms with Crippen LogP contribution in [0.5, 0.6) is 0 Å². The van der Waals surface area contributed by atoms with E-state index in [1.807, 2.05) is 18.2 Å². The van der Waals surface area contributed by atoms with Crippen LogP contribution in [0, 0.1) is 0 Å². The lowest BCUT2D eigenvalue weighted by Crippen LogP contribution is -2.71. The van der Waals surface area contributed by atoms with Gasteiger partial charge in [-0.05, 0) is 37.5 Å². The van der Waals surface area contributed by atoms with E-state index in [-0.39, 0.29) is 5.67 Å². The van der Waals surface area contributed by atoms with Crippen molar-refractivity contribution in [1.29, 1.82) is 0 Å². The van der Waals surface area contributed by atoms with E-state index in [0.717, 1.165) is 75.5 Å². The van der Waals surface area contributed by atoms with Gasteiger partial charge in [-0.25, -0.2) is 0 Å². The molecule has 0 N–H and O–H groups in total. The second kappa shape index (κ2) is 17.9. The molecule has 176 valence electrons. The average molecular weight is 441 g/mol. The molecule has 0 radical (unpaired) electrons. The fourth-order valence-electron chi connectivity index (χ4n) is 3.93. The van der Waals surface area contributed by atoms with Gasteiger partial charge in [-0.2, -0.15) is 0 Å². The summed E-state index contributed by atoms with van der Waals surface area (Å²) in [5.74, 6) is 0. The van der Waals surface area contributed by atoms with E-state index in [0.29, 0.717) is 19.8 Å². The molecule has 0 aliphatic carbocycles. The molecule has 1 atom stereocenters. The van der Waals surface area contributed by atoms with Crippen LogP contribution in [0.4, 0.5) is 0 Å². The van der Waals surface area contributed by atoms with Crippen molar-refractivity contribution < 1.29 is 17.8 Å². The zero-order valence-electron chi connectivity index (χ0n) is 20.5. The Balaban J connectivity index is 6.34. The molecule has 0 aliphatic heterocycles. The van der Waals surface area contributed by atoms with Crippen LogP contribution in [0.1, 0.15) is 79.1 Å². The van der Waals surface area contributed by atoms with Gasteiger partial charge in [0, 0.05) is 26.2 Å². The third-order valence-corrected chi connectivity index (χ3v) is 8.99. The Hall–Kier alpha value is -0.723. The van der Waals surface area contributed by atoms with Crippen molar-refractivity contribution in [2.24, 2.45) is 0 Å². The van der Waals surface area contributed by atoms with Gasteiger partial charge in [0.2, 0.25) is 0 Å². The molecule has 0 fully saturated rings. The highest BCUT2D eigenvalue weighted by Gasteiger charge is 2.59. The van der Waals surface area contributed by atoms with Crippen molar-refractivity contribution in [2.45, 2.75) is 84.7 Å². The Morgan fingerprint density at radius 3 is 1.30 bits per heavy atom. The molecule has 0 aromatic carbocycles. The van der Waals surface area contributed by atoms with Crippen LogP contribution >= 0.6 is 0 Å². The minimum absolute atomic E-state index is 0.141. The summed E-state index contributed by atoms with van der Waals surface area (Å²) in [6.45, 7) is 25.6. The molecule has 0 aromatic rings. The Morgan fingerprint density at radius 2 is 1.03 bits per heavy atom. The quantitative estimate of drug-likeness (QED) is 0.0837. The lowest BCUT2D eigenvalue weighted by molar-refractivity contribution is -0.927. The molecule has 4 nitrogen and oxygen atoms in total. The standard InChI is InChI=1S/C25H50NO3Si/c1-8-15-22-27-30(28-23-16-9-2,29-24-17-10-3)25(18-11-4)26(19-12-5,20-13-6)21-14-7/h12-14,25H,5-11,15-24H2,1-4H3/q+1. The summed E-state index contributed by atoms with van der Waals surface area (Å²) >= 11 is 0. The number of hydrogen-bond acceptors (Lipinski definition) is 3. The van der Waals surface area contributed by atoms with E-state index in [4.69, 9.17) is 13.3 Å². The van der Waals surface area contributed by atoms with Gasteiger partial charge in [-0.1, -0.05) is 73.1 Å². The molecule has 0 rings (SSSR count). The van der Waals surface area contributed by atoms with Crippen molar-refractivity contribution in [1.82, 2.24) is 0 Å². The van der Waals surface area contributed by atoms with Gasteiger partial charge in [0.1, 0.15) is 0 Å². The second-order valence-electron chi connectivity index (χ2n) is 8.15. The zero-order valence-corrected chi connectivity index (χ0v) is 21.5. The molecule has 0 amide bonds. The first-order valence-corrected chi connectivity index (χ1v) is 14.0. The van der Waals surface area contributed by atoms with Crippen LogP contribution in [0.2, 0.25) is 0 Å². The number of rotatable bonds is 22. The Bertz CT molecular complexity index is 403. The highest BCUT2D eigenvalue weighted by atomic mass is 28.4. The van der Waals surface area contributed by atoms with Crippen molar-refractivity contribution >= 4 is 8.80 Å². The Morgan fingerprint density at radius 1 is 0.667 bits per heavy atom. The predicted molar refractivity (Wildman–Crippen MR) is 132 cm³/mol. The first-order chi connectivity index (χ1) is 14.6. The zero-order chi connectivity index (χ0) is 22.7. The Kier molecular flexibility index (Phi) is 17.5. The molecule has 0 aliphatic rings. The molecule has 5 heteroatoms. The molecule has 0 spiro atoms. The molecular weight excluding hydrogens is 390 g/mol. The lowest BCUT2D eigenvalue weighted by Gasteiger charge is -2.48. The third-order valence-electron chi connectivity index (χ3n) is 5.51. The van der Waals surface area contributed by atoms with Gasteiger partial charge in [-0.15, -0.1) is 0 Å². The lowest BCUT2D eigenvalue weighted by atomic mass is 10.2. The highest BCUT2D eigenvalue weighted by Crippen LogP contribution is 2.31. The number of quaternary nitrogens is 1. The molecule has 0 heterocycles. The Labute approximate surface area is 188 Å². The summed E-state index contributed by atoms with van der Waals surface area (Å²) in [4.78, 5) is 0. The molecule has 0 bridgehead atoms. The number of nitrogens with zero attached hydrogens (tertiary/aromatic N) is 1. The second-order valence-corrected chi connectivity index (χ2v) is 10.9. The fraction of sp³-hybridized carbons (Fsp3) is 0.760. The predicted octanol–water partition coefficient (Wildman–Crippen LogP) is 6.46. The monoisotopic (exact) mass is 440 g/mol. The van der Waals surface area contributed by atoms with Gasteiger partial charge in [0.15, 0.2) is 5.67 Å². The maximum Gasteiger partial charge on any atom is 0.562 e. The van der Waals surface area contributed by atoms with Gasteiger partial charge >= 0.3 is 8.80 Å². The first kappa shape index (κ1) is 29.3. The van der Waals surface area contributed by atoms with Gasteiger partial charge in [-0.3, -0.25) is 0 Å². The largest absolute Gasteiger partial charge is 0.562 e. The molecule has 0 aromatic heterocycles. The van der Waals surface area contributed by atoms with Gasteiger partial charge in [0.25, 0.3) is 0 Å². The van der Waals surface area contributed by atoms with E-state index in [1.54, 1.807) is 0 Å². The minimum atomic E-state index is -2.98. The van der Waals surface area contributed by atoms with Crippen molar-refractivity contribution in [3.63, 3.8) is 0 Å². The minimum Gasteiger partial charge on any atom is -0.370 e. The number of hydrogen-bond donors (Lipinski definition) is 0. The van der Waals surface area contributed by atoms with E-state index in [9.17, 15) is 0 Å².